The quantitative estimate of drug-likeness (QED) is 0.616. The number of aromatic nitrogens is 1. The molecule has 6 nitrogen and oxygen atoms in total. The van der Waals surface area contributed by atoms with E-state index in [9.17, 15) is 4.79 Å². The number of amides is 1. The highest BCUT2D eigenvalue weighted by atomic mass is 16.5. The van der Waals surface area contributed by atoms with Gasteiger partial charge in [0.05, 0.1) is 18.5 Å². The standard InChI is InChI=1S/C19H32N2O4/c1-7-8-25-19(5,12-14(2)3)18(22)21-16-11-15(4)17(20-13-16)24-10-9-23-6/h11,13-14H,7-10,12H2,1-6H3,(H,21,22)/t19-/m0/s1. The Morgan fingerprint density at radius 2 is 2.04 bits per heavy atom. The van der Waals surface area contributed by atoms with Crippen LogP contribution in [0.25, 0.3) is 0 Å². The molecule has 0 fully saturated rings. The van der Waals surface area contributed by atoms with Crippen molar-refractivity contribution in [2.24, 2.45) is 5.92 Å². The second kappa shape index (κ2) is 10.4. The van der Waals surface area contributed by atoms with E-state index >= 15 is 0 Å². The Hall–Kier alpha value is -1.66. The predicted octanol–water partition coefficient (Wildman–Crippen LogP) is 3.59. The van der Waals surface area contributed by atoms with Gasteiger partial charge >= 0.3 is 0 Å². The molecule has 25 heavy (non-hydrogen) atoms. The summed E-state index contributed by atoms with van der Waals surface area (Å²) in [7, 11) is 1.62. The van der Waals surface area contributed by atoms with Gasteiger partial charge in [-0.1, -0.05) is 20.8 Å². The van der Waals surface area contributed by atoms with Crippen LogP contribution in [0.3, 0.4) is 0 Å². The van der Waals surface area contributed by atoms with Gasteiger partial charge in [0, 0.05) is 19.3 Å². The van der Waals surface area contributed by atoms with Crippen molar-refractivity contribution in [3.05, 3.63) is 17.8 Å². The summed E-state index contributed by atoms with van der Waals surface area (Å²) < 4.78 is 16.4. The summed E-state index contributed by atoms with van der Waals surface area (Å²) in [6, 6.07) is 1.85. The Labute approximate surface area is 151 Å². The minimum atomic E-state index is -0.855. The third-order valence-electron chi connectivity index (χ3n) is 3.72. The van der Waals surface area contributed by atoms with Crippen molar-refractivity contribution in [1.29, 1.82) is 0 Å². The van der Waals surface area contributed by atoms with Crippen molar-refractivity contribution in [2.75, 3.05) is 32.2 Å². The summed E-state index contributed by atoms with van der Waals surface area (Å²) in [4.78, 5) is 17.0. The molecule has 0 unspecified atom stereocenters. The van der Waals surface area contributed by atoms with E-state index in [-0.39, 0.29) is 5.91 Å². The van der Waals surface area contributed by atoms with Crippen LogP contribution in [0.2, 0.25) is 0 Å². The number of carbonyl (C=O) groups excluding carboxylic acids is 1. The van der Waals surface area contributed by atoms with Crippen LogP contribution >= 0.6 is 0 Å². The van der Waals surface area contributed by atoms with E-state index < -0.39 is 5.60 Å². The fourth-order valence-corrected chi connectivity index (χ4v) is 2.59. The van der Waals surface area contributed by atoms with Crippen LogP contribution in [-0.2, 0) is 14.3 Å². The Balaban J connectivity index is 2.80. The van der Waals surface area contributed by atoms with E-state index in [4.69, 9.17) is 14.2 Å². The normalized spacial score (nSPS) is 13.6. The van der Waals surface area contributed by atoms with Crippen molar-refractivity contribution in [1.82, 2.24) is 4.98 Å². The molecule has 1 atom stereocenters. The molecular weight excluding hydrogens is 320 g/mol. The van der Waals surface area contributed by atoms with Gasteiger partial charge in [-0.25, -0.2) is 4.98 Å². The van der Waals surface area contributed by atoms with Gasteiger partial charge in [0.1, 0.15) is 12.2 Å². The van der Waals surface area contributed by atoms with Crippen molar-refractivity contribution in [3.8, 4) is 5.88 Å². The number of carbonyl (C=O) groups is 1. The lowest BCUT2D eigenvalue weighted by atomic mass is 9.93. The molecule has 0 aliphatic carbocycles. The average molecular weight is 352 g/mol. The van der Waals surface area contributed by atoms with E-state index in [0.29, 0.717) is 43.7 Å². The monoisotopic (exact) mass is 352 g/mol. The Morgan fingerprint density at radius 1 is 1.32 bits per heavy atom. The van der Waals surface area contributed by atoms with Gasteiger partial charge in [-0.2, -0.15) is 0 Å². The number of hydrogen-bond donors (Lipinski definition) is 1. The van der Waals surface area contributed by atoms with Gasteiger partial charge in [0.25, 0.3) is 5.91 Å². The van der Waals surface area contributed by atoms with Crippen LogP contribution in [0, 0.1) is 12.8 Å². The van der Waals surface area contributed by atoms with Crippen molar-refractivity contribution < 1.29 is 19.0 Å². The summed E-state index contributed by atoms with van der Waals surface area (Å²) in [5, 5.41) is 2.93. The molecule has 1 N–H and O–H groups in total. The van der Waals surface area contributed by atoms with Crippen molar-refractivity contribution in [2.45, 2.75) is 53.1 Å². The van der Waals surface area contributed by atoms with Crippen LogP contribution in [0.4, 0.5) is 5.69 Å². The van der Waals surface area contributed by atoms with Gasteiger partial charge < -0.3 is 19.5 Å². The maximum atomic E-state index is 12.8. The number of nitrogens with zero attached hydrogens (tertiary/aromatic N) is 1. The maximum absolute atomic E-state index is 12.8. The first-order valence-corrected chi connectivity index (χ1v) is 8.86. The van der Waals surface area contributed by atoms with Crippen LogP contribution in [0.1, 0.15) is 46.1 Å². The van der Waals surface area contributed by atoms with Gasteiger partial charge in [-0.3, -0.25) is 4.79 Å². The number of methoxy groups -OCH3 is 1. The predicted molar refractivity (Wildman–Crippen MR) is 99.1 cm³/mol. The Kier molecular flexibility index (Phi) is 8.86. The average Bonchev–Trinajstić information content (AvgIpc) is 2.54. The first kappa shape index (κ1) is 21.4. The molecule has 0 saturated heterocycles. The number of ether oxygens (including phenoxy) is 3. The fourth-order valence-electron chi connectivity index (χ4n) is 2.59. The van der Waals surface area contributed by atoms with Crippen LogP contribution in [0.5, 0.6) is 5.88 Å². The van der Waals surface area contributed by atoms with Crippen molar-refractivity contribution in [3.63, 3.8) is 0 Å². The van der Waals surface area contributed by atoms with E-state index in [1.807, 2.05) is 26.8 Å². The van der Waals surface area contributed by atoms with Crippen LogP contribution in [-0.4, -0.2) is 43.4 Å². The molecule has 0 saturated carbocycles. The van der Waals surface area contributed by atoms with Gasteiger partial charge in [-0.05, 0) is 38.7 Å². The highest BCUT2D eigenvalue weighted by Crippen LogP contribution is 2.25. The minimum Gasteiger partial charge on any atom is -0.475 e. The zero-order valence-corrected chi connectivity index (χ0v) is 16.3. The third kappa shape index (κ3) is 7.00. The zero-order valence-electron chi connectivity index (χ0n) is 16.3. The topological polar surface area (TPSA) is 69.7 Å². The number of anilines is 1. The molecule has 1 aromatic heterocycles. The smallest absolute Gasteiger partial charge is 0.256 e. The van der Waals surface area contributed by atoms with Gasteiger partial charge in [0.15, 0.2) is 0 Å². The van der Waals surface area contributed by atoms with Crippen molar-refractivity contribution >= 4 is 11.6 Å². The van der Waals surface area contributed by atoms with Crippen LogP contribution in [0.15, 0.2) is 12.3 Å². The maximum Gasteiger partial charge on any atom is 0.256 e. The molecule has 1 heterocycles. The molecule has 1 amide bonds. The van der Waals surface area contributed by atoms with E-state index in [0.717, 1.165) is 12.0 Å². The van der Waals surface area contributed by atoms with Crippen LogP contribution < -0.4 is 10.1 Å². The number of pyridine rings is 1. The van der Waals surface area contributed by atoms with E-state index in [2.05, 4.69) is 24.1 Å². The zero-order chi connectivity index (χ0) is 18.9. The molecule has 0 aromatic carbocycles. The molecule has 142 valence electrons. The SMILES string of the molecule is CCCO[C@@](C)(CC(C)C)C(=O)Nc1cnc(OCCOC)c(C)c1. The third-order valence-corrected chi connectivity index (χ3v) is 3.72. The second-order valence-corrected chi connectivity index (χ2v) is 6.82. The molecule has 0 bridgehead atoms. The Bertz CT molecular complexity index is 548. The molecule has 0 radical (unpaired) electrons. The highest BCUT2D eigenvalue weighted by molar-refractivity contribution is 5.97. The highest BCUT2D eigenvalue weighted by Gasteiger charge is 2.35. The molecular formula is C19H32N2O4. The fraction of sp³-hybridized carbons (Fsp3) is 0.684. The molecule has 1 aromatic rings. The number of nitrogens with one attached hydrogen (secondary N) is 1. The van der Waals surface area contributed by atoms with E-state index in [1.54, 1.807) is 13.3 Å². The molecule has 1 rings (SSSR count). The Morgan fingerprint density at radius 3 is 2.60 bits per heavy atom. The first-order valence-electron chi connectivity index (χ1n) is 8.86. The summed E-state index contributed by atoms with van der Waals surface area (Å²) >= 11 is 0. The summed E-state index contributed by atoms with van der Waals surface area (Å²) in [6.07, 6.45) is 3.13. The molecule has 0 spiro atoms. The number of hydrogen-bond acceptors (Lipinski definition) is 5. The number of aryl methyl sites for hydroxylation is 1. The molecule has 0 aliphatic heterocycles. The van der Waals surface area contributed by atoms with E-state index in [1.165, 1.54) is 0 Å². The second-order valence-electron chi connectivity index (χ2n) is 6.82. The minimum absolute atomic E-state index is 0.149. The summed E-state index contributed by atoms with van der Waals surface area (Å²) in [5.41, 5.74) is 0.636. The number of rotatable bonds is 11. The lowest BCUT2D eigenvalue weighted by Crippen LogP contribution is -2.44. The largest absolute Gasteiger partial charge is 0.475 e. The molecule has 6 heteroatoms. The summed E-state index contributed by atoms with van der Waals surface area (Å²) in [5.74, 6) is 0.746. The lowest BCUT2D eigenvalue weighted by molar-refractivity contribution is -0.141. The lowest BCUT2D eigenvalue weighted by Gasteiger charge is -2.30. The molecule has 0 aliphatic rings. The first-order chi connectivity index (χ1) is 11.8. The van der Waals surface area contributed by atoms with Gasteiger partial charge in [0.2, 0.25) is 5.88 Å². The van der Waals surface area contributed by atoms with Gasteiger partial charge in [-0.15, -0.1) is 0 Å². The summed E-state index contributed by atoms with van der Waals surface area (Å²) in [6.45, 7) is 11.4.